The van der Waals surface area contributed by atoms with Crippen molar-refractivity contribution in [3.63, 3.8) is 0 Å². The molecule has 672 valence electrons. The van der Waals surface area contributed by atoms with Crippen molar-refractivity contribution in [1.29, 1.82) is 5.41 Å². The zero-order chi connectivity index (χ0) is 91.7. The van der Waals surface area contributed by atoms with Crippen molar-refractivity contribution in [2.24, 2.45) is 40.7 Å². The molecule has 0 spiro atoms. The van der Waals surface area contributed by atoms with E-state index in [1.807, 2.05) is 0 Å². The van der Waals surface area contributed by atoms with E-state index in [1.54, 1.807) is 88.4 Å². The molecule has 4 aromatic rings. The molecule has 0 aliphatic rings. The molecule has 0 saturated heterocycles. The highest BCUT2D eigenvalue weighted by Gasteiger charge is 2.39. The van der Waals surface area contributed by atoms with E-state index in [2.05, 4.69) is 84.4 Å². The monoisotopic (exact) mass is 1720 g/mol. The second-order valence-electron chi connectivity index (χ2n) is 30.0. The zero-order valence-electron chi connectivity index (χ0n) is 68.8. The number of H-pyrrole nitrogens is 1. The molecule has 0 aliphatic heterocycles. The van der Waals surface area contributed by atoms with Crippen LogP contribution in [0, 0.1) is 23.2 Å². The lowest BCUT2D eigenvalue weighted by Gasteiger charge is -2.29. The number of carboxylic acids is 3. The molecule has 3 aromatic carbocycles. The molecule has 0 saturated carbocycles. The molecule has 0 fully saturated rings. The van der Waals surface area contributed by atoms with Crippen LogP contribution in [0.5, 0.6) is 5.75 Å². The van der Waals surface area contributed by atoms with Crippen molar-refractivity contribution in [2.45, 2.75) is 210 Å². The molecular weight excluding hydrogens is 1610 g/mol. The predicted molar refractivity (Wildman–Crippen MR) is 438 cm³/mol. The van der Waals surface area contributed by atoms with Crippen molar-refractivity contribution < 1.29 is 112 Å². The van der Waals surface area contributed by atoms with Crippen molar-refractivity contribution >= 4 is 112 Å². The van der Waals surface area contributed by atoms with Crippen LogP contribution >= 0.6 is 0 Å². The van der Waals surface area contributed by atoms with Gasteiger partial charge in [-0.05, 0) is 78.7 Å². The van der Waals surface area contributed by atoms with Crippen LogP contribution in [-0.4, -0.2) is 246 Å². The average Bonchev–Trinajstić information content (AvgIpc) is 1.40. The first-order valence-electron chi connectivity index (χ1n) is 39.5. The number of carbonyl (C=O) groups excluding carboxylic acids is 15. The number of aromatic hydroxyl groups is 1. The van der Waals surface area contributed by atoms with Gasteiger partial charge in [0.15, 0.2) is 5.96 Å². The van der Waals surface area contributed by atoms with Crippen molar-refractivity contribution in [3.8, 4) is 5.75 Å². The maximum atomic E-state index is 14.6. The van der Waals surface area contributed by atoms with Crippen LogP contribution in [0.2, 0.25) is 0 Å². The Balaban J connectivity index is 1.57. The number of aliphatic carboxylic acids is 3. The van der Waals surface area contributed by atoms with Gasteiger partial charge in [-0.3, -0.25) is 86.9 Å². The molecule has 0 radical (unpaired) electrons. The minimum Gasteiger partial charge on any atom is -0.508 e. The Morgan fingerprint density at radius 2 is 0.886 bits per heavy atom. The summed E-state index contributed by atoms with van der Waals surface area (Å²) in [4.78, 5) is 252. The number of benzene rings is 3. The largest absolute Gasteiger partial charge is 0.508 e. The van der Waals surface area contributed by atoms with Crippen LogP contribution in [0.25, 0.3) is 0 Å². The smallest absolute Gasteiger partial charge is 0.326 e. The van der Waals surface area contributed by atoms with E-state index in [9.17, 15) is 107 Å². The minimum atomic E-state index is -2.21. The third-order valence-electron chi connectivity index (χ3n) is 19.1. The number of aliphatic hydroxyl groups is 1. The molecule has 123 heavy (non-hydrogen) atoms. The van der Waals surface area contributed by atoms with Crippen molar-refractivity contribution in [2.75, 3.05) is 19.7 Å². The number of hydrogen-bond acceptors (Lipinski definition) is 23. The van der Waals surface area contributed by atoms with E-state index >= 15 is 0 Å². The van der Waals surface area contributed by atoms with Gasteiger partial charge in [0.1, 0.15) is 78.3 Å². The number of phenols is 1. The first-order chi connectivity index (χ1) is 58.1. The van der Waals surface area contributed by atoms with Gasteiger partial charge in [-0.2, -0.15) is 0 Å². The molecule has 1 heterocycles. The first-order valence-corrected chi connectivity index (χ1v) is 39.5. The van der Waals surface area contributed by atoms with Gasteiger partial charge in [-0.25, -0.2) is 9.78 Å². The number of aliphatic hydroxyl groups excluding tert-OH is 1. The molecule has 4 rings (SSSR count). The topological polar surface area (TPSA) is 733 Å². The van der Waals surface area contributed by atoms with Gasteiger partial charge in [-0.15, -0.1) is 0 Å². The number of nitrogens with one attached hydrogen (secondary N) is 16. The summed E-state index contributed by atoms with van der Waals surface area (Å²) in [5, 5.41) is 91.3. The third kappa shape index (κ3) is 37.2. The van der Waals surface area contributed by atoms with E-state index < -0.39 is 248 Å². The number of rotatable bonds is 55. The Labute approximate surface area is 707 Å². The normalized spacial score (nSPS) is 14.5. The highest BCUT2D eigenvalue weighted by Crippen LogP contribution is 2.17. The standard InChI is InChI=1S/C79H113N21O23/c1-7-42(6)65(78(122)123)100-75(119)54(31-44-17-12-9-13-18-44)94-72(116)55(33-46-36-85-39-88-46)89-61(105)37-87-67(111)51(29-40(2)3)93-71(115)53(30-43-15-10-8-11-16-43)95-76(120)58(38-101)98-77(121)64(41(4)5)99-69(113)49(19-14-28-86-79(83)84)90-73(117)56(34-60(82)104)96-74(118)57(35-63(108)109)97-68(112)50(25-26-59(81)103)91-70(114)52(32-45-20-22-47(102)23-21-45)92-66(110)48(80)24-27-62(106)107/h8-13,15-18,20-23,36,39-42,48-58,64-65,101-102H,7,14,19,24-35,37-38,80H2,1-6H3,(H2,81,103)(H2,82,104)(H,85,88)(H,87,111)(H,89,105)(H,90,117)(H,91,114)(H,92,110)(H,93,115)(H,94,116)(H,95,120)(H,96,118)(H,97,112)(H,98,121)(H,99,113)(H,100,119)(H,106,107)(H,108,109)(H,122,123)(H4,83,84,86)/t42-,48-,49-,50-,51-,52-,53-,54-,55-,56-,57-,58-,64-,65-/m0/s1. The van der Waals surface area contributed by atoms with Crippen LogP contribution in [0.3, 0.4) is 0 Å². The third-order valence-corrected chi connectivity index (χ3v) is 19.1. The van der Waals surface area contributed by atoms with Gasteiger partial charge in [0.25, 0.3) is 0 Å². The summed E-state index contributed by atoms with van der Waals surface area (Å²) in [6, 6.07) is 0.150. The predicted octanol–water partition coefficient (Wildman–Crippen LogP) is -5.78. The summed E-state index contributed by atoms with van der Waals surface area (Å²) < 4.78 is 0. The van der Waals surface area contributed by atoms with Crippen LogP contribution < -0.4 is 97.4 Å². The number of guanidine groups is 1. The lowest BCUT2D eigenvalue weighted by atomic mass is 9.98. The number of hydrogen-bond donors (Lipinski definition) is 25. The van der Waals surface area contributed by atoms with Crippen LogP contribution in [0.1, 0.15) is 128 Å². The molecule has 44 heteroatoms. The number of amides is 15. The molecule has 14 atom stereocenters. The summed E-state index contributed by atoms with van der Waals surface area (Å²) in [6.45, 7) is 7.66. The van der Waals surface area contributed by atoms with Crippen molar-refractivity contribution in [3.05, 3.63) is 120 Å². The molecule has 29 N–H and O–H groups in total. The van der Waals surface area contributed by atoms with E-state index in [1.165, 1.54) is 50.6 Å². The molecule has 0 aliphatic carbocycles. The van der Waals surface area contributed by atoms with Crippen LogP contribution in [0.15, 0.2) is 97.5 Å². The van der Waals surface area contributed by atoms with Crippen LogP contribution in [-0.2, 0) is 112 Å². The summed E-state index contributed by atoms with van der Waals surface area (Å²) in [5.74, 6) is -23.4. The highest BCUT2D eigenvalue weighted by atomic mass is 16.4. The fraction of sp³-hybridized carbons (Fsp3) is 0.494. The number of primary amides is 2. The quantitative estimate of drug-likeness (QED) is 0.0111. The Bertz CT molecular complexity index is 4290. The lowest BCUT2D eigenvalue weighted by Crippen LogP contribution is -2.62. The number of aromatic nitrogens is 2. The summed E-state index contributed by atoms with van der Waals surface area (Å²) in [5.41, 5.74) is 24.0. The maximum Gasteiger partial charge on any atom is 0.326 e. The van der Waals surface area contributed by atoms with Gasteiger partial charge in [-0.1, -0.05) is 121 Å². The van der Waals surface area contributed by atoms with Gasteiger partial charge < -0.3 is 128 Å². The Morgan fingerprint density at radius 1 is 0.447 bits per heavy atom. The summed E-state index contributed by atoms with van der Waals surface area (Å²) >= 11 is 0. The van der Waals surface area contributed by atoms with E-state index in [-0.39, 0.29) is 69.6 Å². The second kappa shape index (κ2) is 51.7. The minimum absolute atomic E-state index is 0.0632. The van der Waals surface area contributed by atoms with Gasteiger partial charge in [0, 0.05) is 57.0 Å². The summed E-state index contributed by atoms with van der Waals surface area (Å²) in [7, 11) is 0. The Kier molecular flexibility index (Phi) is 42.7. The fourth-order valence-corrected chi connectivity index (χ4v) is 12.2. The molecule has 1 aromatic heterocycles. The van der Waals surface area contributed by atoms with Crippen molar-refractivity contribution in [1.82, 2.24) is 84.4 Å². The highest BCUT2D eigenvalue weighted by molar-refractivity contribution is 6.01. The van der Waals surface area contributed by atoms with E-state index in [4.69, 9.17) is 33.5 Å². The van der Waals surface area contributed by atoms with Gasteiger partial charge >= 0.3 is 17.9 Å². The number of imidazole rings is 1. The fourth-order valence-electron chi connectivity index (χ4n) is 12.2. The lowest BCUT2D eigenvalue weighted by molar-refractivity contribution is -0.144. The zero-order valence-corrected chi connectivity index (χ0v) is 68.8. The van der Waals surface area contributed by atoms with E-state index in [0.29, 0.717) is 28.8 Å². The number of aromatic amines is 1. The molecule has 0 unspecified atom stereocenters. The number of phenolic OH excluding ortho intramolecular Hbond substituents is 1. The first kappa shape index (κ1) is 102. The number of nitrogens with two attached hydrogens (primary N) is 4. The second-order valence-corrected chi connectivity index (χ2v) is 30.0. The van der Waals surface area contributed by atoms with Crippen LogP contribution in [0.4, 0.5) is 0 Å². The maximum absolute atomic E-state index is 14.6. The van der Waals surface area contributed by atoms with E-state index in [0.717, 1.165) is 0 Å². The SMILES string of the molecule is CC[C@H](C)[C@H](NC(=O)[C@H](Cc1ccccc1)NC(=O)[C@H](Cc1cnc[nH]1)NC(=O)CNC(=O)[C@H](CC(C)C)NC(=O)[C@H](Cc1ccccc1)NC(=O)[C@H](CO)NC(=O)[C@@H](NC(=O)[C@H](CCCNC(=N)N)NC(=O)[C@H](CC(N)=O)NC(=O)[C@H](CC(=O)O)NC(=O)[C@H](CCC(N)=O)NC(=O)[C@H](Cc1ccc(O)cc1)NC(=O)[C@@H](N)CCC(=O)O)C(C)C)C(=O)O. The summed E-state index contributed by atoms with van der Waals surface area (Å²) in [6.07, 6.45) is -2.94. The molecular formula is C79H113N21O23. The Morgan fingerprint density at radius 3 is 1.35 bits per heavy atom. The number of carbonyl (C=O) groups is 18. The van der Waals surface area contributed by atoms with Gasteiger partial charge in [0.2, 0.25) is 88.6 Å². The molecule has 0 bridgehead atoms. The molecule has 15 amide bonds. The Hall–Kier alpha value is -13.7. The number of carboxylic acid groups (broad SMARTS) is 3. The number of nitrogens with zero attached hydrogens (tertiary/aromatic N) is 1. The average molecular weight is 1720 g/mol. The molecule has 44 nitrogen and oxygen atoms in total. The van der Waals surface area contributed by atoms with Gasteiger partial charge in [0.05, 0.1) is 38.4 Å².